The minimum Gasteiger partial charge on any atom is -0.504 e. The van der Waals surface area contributed by atoms with Crippen LogP contribution in [0.2, 0.25) is 0 Å². The van der Waals surface area contributed by atoms with Crippen LogP contribution in [0.5, 0.6) is 5.75 Å². The highest BCUT2D eigenvalue weighted by molar-refractivity contribution is 9.10. The Morgan fingerprint density at radius 2 is 2.50 bits per heavy atom. The fraction of sp³-hybridized carbons (Fsp3) is 0.250. The molecule has 0 bridgehead atoms. The van der Waals surface area contributed by atoms with E-state index in [-0.39, 0.29) is 5.75 Å². The van der Waals surface area contributed by atoms with Gasteiger partial charge in [-0.2, -0.15) is 5.10 Å². The van der Waals surface area contributed by atoms with Crippen LogP contribution in [0.3, 0.4) is 0 Å². The quantitative estimate of drug-likeness (QED) is 0.638. The first-order valence-electron chi connectivity index (χ1n) is 2.08. The molecule has 44 valence electrons. The number of nitrogens with zero attached hydrogens (tertiary/aromatic N) is 2. The van der Waals surface area contributed by atoms with E-state index in [0.717, 1.165) is 0 Å². The molecule has 1 aromatic heterocycles. The number of hydrogen-bond donors (Lipinski definition) is 1. The lowest BCUT2D eigenvalue weighted by Crippen LogP contribution is -1.87. The van der Waals surface area contributed by atoms with E-state index in [0.29, 0.717) is 4.60 Å². The van der Waals surface area contributed by atoms with Gasteiger partial charge < -0.3 is 5.11 Å². The Kier molecular flexibility index (Phi) is 1.25. The van der Waals surface area contributed by atoms with Gasteiger partial charge in [-0.3, -0.25) is 4.68 Å². The standard InChI is InChI=1S/C4H5BrN2O/c1-7-4(5)3(8)2-6-7/h2,8H,1H3. The summed E-state index contributed by atoms with van der Waals surface area (Å²) >= 11 is 3.10. The van der Waals surface area contributed by atoms with Crippen LogP contribution in [0.15, 0.2) is 10.8 Å². The lowest BCUT2D eigenvalue weighted by Gasteiger charge is -1.87. The van der Waals surface area contributed by atoms with Crippen LogP contribution in [-0.4, -0.2) is 14.9 Å². The third-order valence-corrected chi connectivity index (χ3v) is 1.77. The molecule has 0 spiro atoms. The molecule has 3 nitrogen and oxygen atoms in total. The summed E-state index contributed by atoms with van der Waals surface area (Å²) in [6.45, 7) is 0. The molecule has 1 N–H and O–H groups in total. The van der Waals surface area contributed by atoms with Gasteiger partial charge >= 0.3 is 0 Å². The Morgan fingerprint density at radius 3 is 2.62 bits per heavy atom. The predicted molar refractivity (Wildman–Crippen MR) is 32.6 cm³/mol. The molecule has 4 heteroatoms. The molecule has 0 fully saturated rings. The van der Waals surface area contributed by atoms with Gasteiger partial charge in [0.15, 0.2) is 5.75 Å². The smallest absolute Gasteiger partial charge is 0.168 e. The molecular weight excluding hydrogens is 172 g/mol. The van der Waals surface area contributed by atoms with Crippen LogP contribution < -0.4 is 0 Å². The highest BCUT2D eigenvalue weighted by Crippen LogP contribution is 2.20. The van der Waals surface area contributed by atoms with Gasteiger partial charge in [0.2, 0.25) is 0 Å². The van der Waals surface area contributed by atoms with Crippen LogP contribution in [0.4, 0.5) is 0 Å². The molecule has 0 radical (unpaired) electrons. The zero-order valence-corrected chi connectivity index (χ0v) is 5.88. The van der Waals surface area contributed by atoms with Crippen LogP contribution in [0.1, 0.15) is 0 Å². The Bertz CT molecular complexity index is 176. The topological polar surface area (TPSA) is 38.0 Å². The van der Waals surface area contributed by atoms with Crippen molar-refractivity contribution in [2.75, 3.05) is 0 Å². The second kappa shape index (κ2) is 1.78. The fourth-order valence-electron chi connectivity index (χ4n) is 0.411. The Balaban J connectivity index is 3.19. The van der Waals surface area contributed by atoms with Crippen LogP contribution in [-0.2, 0) is 7.05 Å². The Labute approximate surface area is 55.1 Å². The maximum Gasteiger partial charge on any atom is 0.168 e. The summed E-state index contributed by atoms with van der Waals surface area (Å²) in [5.41, 5.74) is 0. The summed E-state index contributed by atoms with van der Waals surface area (Å²) in [5, 5.41) is 12.5. The molecule has 1 heterocycles. The first-order chi connectivity index (χ1) is 3.72. The van der Waals surface area contributed by atoms with Crippen molar-refractivity contribution in [2.24, 2.45) is 7.05 Å². The van der Waals surface area contributed by atoms with Crippen LogP contribution in [0, 0.1) is 0 Å². The van der Waals surface area contributed by atoms with Gasteiger partial charge in [0.05, 0.1) is 6.20 Å². The number of rotatable bonds is 0. The van der Waals surface area contributed by atoms with Gasteiger partial charge in [0.1, 0.15) is 4.60 Å². The highest BCUT2D eigenvalue weighted by atomic mass is 79.9. The third kappa shape index (κ3) is 0.709. The summed E-state index contributed by atoms with van der Waals surface area (Å²) in [6, 6.07) is 0. The van der Waals surface area contributed by atoms with E-state index in [4.69, 9.17) is 5.11 Å². The molecule has 8 heavy (non-hydrogen) atoms. The van der Waals surface area contributed by atoms with E-state index in [1.54, 1.807) is 7.05 Å². The second-order valence-electron chi connectivity index (χ2n) is 1.44. The van der Waals surface area contributed by atoms with Gasteiger partial charge in [-0.25, -0.2) is 0 Å². The van der Waals surface area contributed by atoms with E-state index in [2.05, 4.69) is 21.0 Å². The van der Waals surface area contributed by atoms with Gasteiger partial charge in [-0.15, -0.1) is 0 Å². The molecular formula is C4H5BrN2O. The summed E-state index contributed by atoms with van der Waals surface area (Å²) < 4.78 is 2.15. The molecule has 0 amide bonds. The molecule has 0 atom stereocenters. The number of hydrogen-bond acceptors (Lipinski definition) is 2. The molecule has 0 unspecified atom stereocenters. The first kappa shape index (κ1) is 5.62. The molecule has 0 aromatic carbocycles. The van der Waals surface area contributed by atoms with Crippen molar-refractivity contribution in [3.63, 3.8) is 0 Å². The largest absolute Gasteiger partial charge is 0.504 e. The molecule has 1 rings (SSSR count). The molecule has 0 saturated heterocycles. The van der Waals surface area contributed by atoms with Crippen molar-refractivity contribution in [3.8, 4) is 5.75 Å². The first-order valence-corrected chi connectivity index (χ1v) is 2.87. The zero-order valence-electron chi connectivity index (χ0n) is 4.30. The normalized spacial score (nSPS) is 9.75. The number of aromatic hydroxyl groups is 1. The number of halogens is 1. The van der Waals surface area contributed by atoms with E-state index in [9.17, 15) is 0 Å². The lowest BCUT2D eigenvalue weighted by molar-refractivity contribution is 0.470. The van der Waals surface area contributed by atoms with Crippen molar-refractivity contribution in [3.05, 3.63) is 10.8 Å². The van der Waals surface area contributed by atoms with Crippen molar-refractivity contribution in [1.29, 1.82) is 0 Å². The molecule has 0 saturated carbocycles. The van der Waals surface area contributed by atoms with Crippen molar-refractivity contribution in [2.45, 2.75) is 0 Å². The van der Waals surface area contributed by atoms with E-state index in [1.807, 2.05) is 0 Å². The van der Waals surface area contributed by atoms with Crippen molar-refractivity contribution >= 4 is 15.9 Å². The highest BCUT2D eigenvalue weighted by Gasteiger charge is 1.99. The van der Waals surface area contributed by atoms with E-state index in [1.165, 1.54) is 10.9 Å². The number of aromatic nitrogens is 2. The summed E-state index contributed by atoms with van der Waals surface area (Å²) in [5.74, 6) is 0.174. The van der Waals surface area contributed by atoms with Crippen molar-refractivity contribution in [1.82, 2.24) is 9.78 Å². The maximum atomic E-state index is 8.81. The number of aryl methyl sites for hydroxylation is 1. The van der Waals surface area contributed by atoms with E-state index >= 15 is 0 Å². The summed E-state index contributed by atoms with van der Waals surface area (Å²) in [6.07, 6.45) is 1.38. The molecule has 1 aromatic rings. The molecule has 0 aliphatic rings. The molecule has 0 aliphatic heterocycles. The van der Waals surface area contributed by atoms with Gasteiger partial charge in [0.25, 0.3) is 0 Å². The minimum absolute atomic E-state index is 0.174. The Morgan fingerprint density at radius 1 is 1.88 bits per heavy atom. The van der Waals surface area contributed by atoms with E-state index < -0.39 is 0 Å². The van der Waals surface area contributed by atoms with Crippen LogP contribution >= 0.6 is 15.9 Å². The van der Waals surface area contributed by atoms with Crippen LogP contribution in [0.25, 0.3) is 0 Å². The average Bonchev–Trinajstić information content (AvgIpc) is 1.98. The predicted octanol–water partition coefficient (Wildman–Crippen LogP) is 0.888. The average molecular weight is 177 g/mol. The monoisotopic (exact) mass is 176 g/mol. The fourth-order valence-corrected chi connectivity index (χ4v) is 0.605. The lowest BCUT2D eigenvalue weighted by atomic mass is 10.7. The summed E-state index contributed by atoms with van der Waals surface area (Å²) in [7, 11) is 1.74. The zero-order chi connectivity index (χ0) is 6.15. The molecule has 0 aliphatic carbocycles. The third-order valence-electron chi connectivity index (χ3n) is 0.849. The van der Waals surface area contributed by atoms with Gasteiger partial charge in [-0.1, -0.05) is 0 Å². The van der Waals surface area contributed by atoms with Gasteiger partial charge in [0, 0.05) is 7.05 Å². The van der Waals surface area contributed by atoms with Gasteiger partial charge in [-0.05, 0) is 15.9 Å². The maximum absolute atomic E-state index is 8.81. The summed E-state index contributed by atoms with van der Waals surface area (Å²) in [4.78, 5) is 0. The minimum atomic E-state index is 0.174. The Hall–Kier alpha value is -0.510. The van der Waals surface area contributed by atoms with Crippen molar-refractivity contribution < 1.29 is 5.11 Å². The SMILES string of the molecule is Cn1ncc(O)c1Br. The second-order valence-corrected chi connectivity index (χ2v) is 2.20.